The molecule has 8 aromatic carbocycles. The van der Waals surface area contributed by atoms with Crippen LogP contribution in [0.1, 0.15) is 0 Å². The van der Waals surface area contributed by atoms with Gasteiger partial charge in [-0.3, -0.25) is 0 Å². The monoisotopic (exact) mass is 905 g/mol. The van der Waals surface area contributed by atoms with Crippen molar-refractivity contribution in [3.63, 3.8) is 0 Å². The van der Waals surface area contributed by atoms with Crippen LogP contribution in [0.15, 0.2) is 219 Å². The summed E-state index contributed by atoms with van der Waals surface area (Å²) >= 11 is 0. The van der Waals surface area contributed by atoms with Crippen molar-refractivity contribution in [1.29, 1.82) is 0 Å². The number of hydrogen-bond donors (Lipinski definition) is 0. The molecule has 10 rings (SSSR count). The zero-order valence-corrected chi connectivity index (χ0v) is 33.4. The number of pyridine rings is 2. The molecule has 57 heavy (non-hydrogen) atoms. The van der Waals surface area contributed by atoms with Crippen LogP contribution in [0.25, 0.3) is 88.6 Å². The zero-order chi connectivity index (χ0) is 37.5. The molecule has 0 atom stereocenters. The van der Waals surface area contributed by atoms with E-state index in [4.69, 9.17) is 0 Å². The molecule has 2 aromatic heterocycles. The van der Waals surface area contributed by atoms with Gasteiger partial charge in [0.05, 0.1) is 0 Å². The van der Waals surface area contributed by atoms with Crippen molar-refractivity contribution in [2.75, 3.05) is 0 Å². The van der Waals surface area contributed by atoms with Gasteiger partial charge in [-0.1, -0.05) is 127 Å². The largest absolute Gasteiger partial charge is 0.305 e. The molecule has 273 valence electrons. The topological polar surface area (TPSA) is 25.8 Å². The van der Waals surface area contributed by atoms with Gasteiger partial charge in [0.1, 0.15) is 0 Å². The number of aromatic nitrogens is 2. The van der Waals surface area contributed by atoms with E-state index >= 15 is 0 Å². The third-order valence-corrected chi connectivity index (χ3v) is 10.1. The second-order valence-corrected chi connectivity index (χ2v) is 13.6. The van der Waals surface area contributed by atoms with Crippen LogP contribution in [-0.2, 0) is 20.1 Å². The molecule has 0 N–H and O–H groups in total. The summed E-state index contributed by atoms with van der Waals surface area (Å²) in [6.45, 7) is 0. The summed E-state index contributed by atoms with van der Waals surface area (Å²) < 4.78 is 0. The first kappa shape index (κ1) is 37.2. The fourth-order valence-corrected chi connectivity index (χ4v) is 7.33. The van der Waals surface area contributed by atoms with Crippen LogP contribution in [0.3, 0.4) is 0 Å². The maximum absolute atomic E-state index is 4.54. The van der Waals surface area contributed by atoms with Crippen molar-refractivity contribution in [2.45, 2.75) is 0 Å². The fourth-order valence-electron chi connectivity index (χ4n) is 7.33. The van der Waals surface area contributed by atoms with E-state index < -0.39 is 0 Å². The van der Waals surface area contributed by atoms with Crippen LogP contribution in [-0.4, -0.2) is 9.97 Å². The summed E-state index contributed by atoms with van der Waals surface area (Å²) in [5, 5.41) is 5.00. The standard InChI is InChI=1S/C43H28N.C11H8N.Ir/c1-3-19-39-30(11-1)13-9-21-41(39)37-27-36(28-38(29-37)42-22-10-14-31-12-2-4-20-40(31)42)34-17-7-15-32(25-34)33-16-8-18-35(26-33)43-23-5-6-24-44-43;1-2-6-10(7-3-1)11-8-4-5-9-12-11;/h1-17,19-29H;1-6,8-9H;/q2*-1;. The average molecular weight is 905 g/mol. The molecule has 0 saturated carbocycles. The Kier molecular flexibility index (Phi) is 11.3. The fraction of sp³-hybridized carbons (Fsp3) is 0. The van der Waals surface area contributed by atoms with Crippen LogP contribution in [0, 0.1) is 12.1 Å². The molecule has 0 saturated heterocycles. The zero-order valence-electron chi connectivity index (χ0n) is 31.0. The predicted octanol–water partition coefficient (Wildman–Crippen LogP) is 14.1. The van der Waals surface area contributed by atoms with E-state index in [1.165, 1.54) is 54.9 Å². The molecule has 0 bridgehead atoms. The minimum Gasteiger partial charge on any atom is -0.305 e. The van der Waals surface area contributed by atoms with E-state index in [9.17, 15) is 0 Å². The third kappa shape index (κ3) is 8.27. The molecular formula is C54H36IrN2-2. The van der Waals surface area contributed by atoms with Crippen molar-refractivity contribution in [2.24, 2.45) is 0 Å². The van der Waals surface area contributed by atoms with E-state index in [1.54, 1.807) is 6.20 Å². The average Bonchev–Trinajstić information content (AvgIpc) is 3.29. The van der Waals surface area contributed by atoms with Crippen LogP contribution < -0.4 is 0 Å². The van der Waals surface area contributed by atoms with Gasteiger partial charge >= 0.3 is 0 Å². The molecule has 0 spiro atoms. The summed E-state index contributed by atoms with van der Waals surface area (Å²) in [6.07, 6.45) is 3.61. The summed E-state index contributed by atoms with van der Waals surface area (Å²) in [6, 6.07) is 78.8. The summed E-state index contributed by atoms with van der Waals surface area (Å²) in [7, 11) is 0. The van der Waals surface area contributed by atoms with Gasteiger partial charge in [0.15, 0.2) is 0 Å². The van der Waals surface area contributed by atoms with Crippen molar-refractivity contribution >= 4 is 21.5 Å². The molecular weight excluding hydrogens is 869 g/mol. The van der Waals surface area contributed by atoms with Crippen LogP contribution >= 0.6 is 0 Å². The number of fused-ring (bicyclic) bond motifs is 2. The SMILES string of the molecule is [Ir].[c-]1ccc(-c2cccc(-c3cc(-c4cccc5ccccc45)cc(-c4cccc5ccccc45)c3)c2)cc1-c1ccccn1.[c-]1ccccc1-c1ccccn1. The van der Waals surface area contributed by atoms with E-state index in [0.29, 0.717) is 0 Å². The molecule has 10 aromatic rings. The van der Waals surface area contributed by atoms with E-state index in [1.807, 2.05) is 72.9 Å². The molecule has 0 aliphatic rings. The van der Waals surface area contributed by atoms with Gasteiger partial charge in [0.25, 0.3) is 0 Å². The van der Waals surface area contributed by atoms with Gasteiger partial charge in [0, 0.05) is 32.5 Å². The first-order valence-electron chi connectivity index (χ1n) is 18.8. The van der Waals surface area contributed by atoms with Crippen molar-refractivity contribution in [1.82, 2.24) is 9.97 Å². The van der Waals surface area contributed by atoms with Gasteiger partial charge in [-0.15, -0.1) is 71.3 Å². The van der Waals surface area contributed by atoms with Crippen molar-refractivity contribution < 1.29 is 20.1 Å². The van der Waals surface area contributed by atoms with Crippen LogP contribution in [0.5, 0.6) is 0 Å². The quantitative estimate of drug-likeness (QED) is 0.155. The summed E-state index contributed by atoms with van der Waals surface area (Å²) in [5.74, 6) is 0. The first-order valence-corrected chi connectivity index (χ1v) is 18.8. The second-order valence-electron chi connectivity index (χ2n) is 13.6. The maximum atomic E-state index is 4.54. The molecule has 0 fully saturated rings. The number of benzene rings is 8. The van der Waals surface area contributed by atoms with Crippen LogP contribution in [0.4, 0.5) is 0 Å². The smallest absolute Gasteiger partial charge is 0.0160 e. The molecule has 1 radical (unpaired) electrons. The van der Waals surface area contributed by atoms with Gasteiger partial charge in [-0.05, 0) is 108 Å². The minimum atomic E-state index is 0. The Labute approximate surface area is 347 Å². The van der Waals surface area contributed by atoms with Gasteiger partial charge < -0.3 is 9.97 Å². The third-order valence-electron chi connectivity index (χ3n) is 10.1. The Morgan fingerprint density at radius 3 is 1.39 bits per heavy atom. The van der Waals surface area contributed by atoms with Crippen molar-refractivity contribution in [3.8, 4) is 67.0 Å². The Balaban J connectivity index is 0.000000300. The molecule has 2 nitrogen and oxygen atoms in total. The van der Waals surface area contributed by atoms with Gasteiger partial charge in [-0.25, -0.2) is 0 Å². The number of rotatable bonds is 6. The Morgan fingerprint density at radius 2 is 0.789 bits per heavy atom. The normalized spacial score (nSPS) is 10.7. The van der Waals surface area contributed by atoms with E-state index in [2.05, 4.69) is 162 Å². The molecule has 0 unspecified atom stereocenters. The molecule has 2 heterocycles. The molecule has 0 aliphatic heterocycles. The van der Waals surface area contributed by atoms with E-state index in [-0.39, 0.29) is 20.1 Å². The molecule has 0 aliphatic carbocycles. The minimum absolute atomic E-state index is 0. The maximum Gasteiger partial charge on any atom is 0.0160 e. The second kappa shape index (κ2) is 17.4. The predicted molar refractivity (Wildman–Crippen MR) is 234 cm³/mol. The molecule has 3 heteroatoms. The Morgan fingerprint density at radius 1 is 0.316 bits per heavy atom. The molecule has 0 amide bonds. The summed E-state index contributed by atoms with van der Waals surface area (Å²) in [4.78, 5) is 8.76. The first-order chi connectivity index (χ1) is 27.8. The van der Waals surface area contributed by atoms with Crippen LogP contribution in [0.2, 0.25) is 0 Å². The van der Waals surface area contributed by atoms with Gasteiger partial charge in [-0.2, -0.15) is 0 Å². The Bertz CT molecular complexity index is 2760. The Hall–Kier alpha value is -6.77. The van der Waals surface area contributed by atoms with Crippen molar-refractivity contribution in [3.05, 3.63) is 231 Å². The van der Waals surface area contributed by atoms with Gasteiger partial charge in [0.2, 0.25) is 0 Å². The summed E-state index contributed by atoms with van der Waals surface area (Å²) in [5.41, 5.74) is 13.5. The van der Waals surface area contributed by atoms with E-state index in [0.717, 1.165) is 33.6 Å². The number of hydrogen-bond acceptors (Lipinski definition) is 2. The number of nitrogens with zero attached hydrogens (tertiary/aromatic N) is 2.